The van der Waals surface area contributed by atoms with Gasteiger partial charge in [-0.25, -0.2) is 9.67 Å². The Morgan fingerprint density at radius 1 is 1.13 bits per heavy atom. The number of aromatic nitrogens is 3. The predicted molar refractivity (Wildman–Crippen MR) is 115 cm³/mol. The number of hydrogen-bond acceptors (Lipinski definition) is 4. The van der Waals surface area contributed by atoms with Gasteiger partial charge in [-0.3, -0.25) is 4.79 Å². The number of benzene rings is 2. The second-order valence-electron chi connectivity index (χ2n) is 8.00. The summed E-state index contributed by atoms with van der Waals surface area (Å²) in [7, 11) is 0. The van der Waals surface area contributed by atoms with Gasteiger partial charge in [-0.1, -0.05) is 24.3 Å². The third kappa shape index (κ3) is 3.28. The van der Waals surface area contributed by atoms with Crippen molar-refractivity contribution < 1.29 is 9.21 Å². The number of nitrogens with zero attached hydrogens (tertiary/aromatic N) is 4. The van der Waals surface area contributed by atoms with Gasteiger partial charge in [-0.2, -0.15) is 5.10 Å². The predicted octanol–water partition coefficient (Wildman–Crippen LogP) is 4.65. The van der Waals surface area contributed by atoms with Gasteiger partial charge in [0.25, 0.3) is 5.91 Å². The molecular weight excluding hydrogens is 376 g/mol. The van der Waals surface area contributed by atoms with Crippen molar-refractivity contribution in [3.8, 4) is 5.69 Å². The lowest BCUT2D eigenvalue weighted by atomic mass is 9.97. The monoisotopic (exact) mass is 400 g/mol. The first-order chi connectivity index (χ1) is 14.6. The maximum atomic E-state index is 13.3. The third-order valence-corrected chi connectivity index (χ3v) is 5.85. The summed E-state index contributed by atoms with van der Waals surface area (Å²) >= 11 is 0. The largest absolute Gasteiger partial charge is 0.440 e. The van der Waals surface area contributed by atoms with Gasteiger partial charge < -0.3 is 9.32 Å². The smallest absolute Gasteiger partial charge is 0.257 e. The van der Waals surface area contributed by atoms with Gasteiger partial charge in [-0.05, 0) is 56.5 Å². The molecule has 6 nitrogen and oxygen atoms in total. The van der Waals surface area contributed by atoms with Gasteiger partial charge in [0.2, 0.25) is 0 Å². The van der Waals surface area contributed by atoms with Crippen LogP contribution in [0, 0.1) is 13.8 Å². The van der Waals surface area contributed by atoms with Crippen LogP contribution < -0.4 is 0 Å². The van der Waals surface area contributed by atoms with E-state index in [9.17, 15) is 4.79 Å². The SMILES string of the molecule is Cc1cccc(-n2ncc(C(=O)N3CCC[C@H](c4nc5ccccc5o4)C3)c2C)c1. The molecule has 4 aromatic rings. The Bertz CT molecular complexity index is 1190. The Morgan fingerprint density at radius 2 is 2.00 bits per heavy atom. The van der Waals surface area contributed by atoms with Crippen LogP contribution in [0.15, 0.2) is 59.1 Å². The third-order valence-electron chi connectivity index (χ3n) is 5.85. The van der Waals surface area contributed by atoms with Crippen LogP contribution in [0.5, 0.6) is 0 Å². The van der Waals surface area contributed by atoms with E-state index in [0.717, 1.165) is 53.3 Å². The number of rotatable bonds is 3. The first kappa shape index (κ1) is 18.6. The average Bonchev–Trinajstić information content (AvgIpc) is 3.37. The standard InChI is InChI=1S/C24H24N4O2/c1-16-7-5-9-19(13-16)28-17(2)20(14-25-28)24(29)27-12-6-8-18(15-27)23-26-21-10-3-4-11-22(21)30-23/h3-5,7,9-11,13-14,18H,6,8,12,15H2,1-2H3/t18-/m0/s1. The minimum Gasteiger partial charge on any atom is -0.440 e. The Labute approximate surface area is 175 Å². The Morgan fingerprint density at radius 3 is 2.83 bits per heavy atom. The van der Waals surface area contributed by atoms with E-state index in [1.54, 1.807) is 6.20 Å². The quantitative estimate of drug-likeness (QED) is 0.502. The molecule has 2 aromatic carbocycles. The minimum absolute atomic E-state index is 0.0206. The zero-order chi connectivity index (χ0) is 20.7. The molecule has 3 heterocycles. The van der Waals surface area contributed by atoms with Crippen molar-refractivity contribution in [1.82, 2.24) is 19.7 Å². The summed E-state index contributed by atoms with van der Waals surface area (Å²) in [5.74, 6) is 0.857. The van der Waals surface area contributed by atoms with E-state index in [0.29, 0.717) is 12.1 Å². The van der Waals surface area contributed by atoms with E-state index in [1.807, 2.05) is 65.9 Å². The van der Waals surface area contributed by atoms with E-state index in [-0.39, 0.29) is 11.8 Å². The van der Waals surface area contributed by atoms with E-state index in [4.69, 9.17) is 4.42 Å². The number of carbonyl (C=O) groups excluding carboxylic acids is 1. The number of fused-ring (bicyclic) bond motifs is 1. The molecule has 2 aromatic heterocycles. The first-order valence-electron chi connectivity index (χ1n) is 10.4. The second kappa shape index (κ2) is 7.44. The van der Waals surface area contributed by atoms with Crippen LogP contribution in [0.25, 0.3) is 16.8 Å². The first-order valence-corrected chi connectivity index (χ1v) is 10.4. The number of aryl methyl sites for hydroxylation is 1. The van der Waals surface area contributed by atoms with Gasteiger partial charge in [0.1, 0.15) is 5.52 Å². The molecule has 1 fully saturated rings. The number of carbonyl (C=O) groups is 1. The molecule has 0 saturated carbocycles. The van der Waals surface area contributed by atoms with Gasteiger partial charge in [0, 0.05) is 13.1 Å². The highest BCUT2D eigenvalue weighted by atomic mass is 16.3. The number of likely N-dealkylation sites (tertiary alicyclic amines) is 1. The topological polar surface area (TPSA) is 64.2 Å². The molecule has 0 N–H and O–H groups in total. The van der Waals surface area contributed by atoms with E-state index >= 15 is 0 Å². The van der Waals surface area contributed by atoms with Crippen molar-refractivity contribution >= 4 is 17.0 Å². The zero-order valence-corrected chi connectivity index (χ0v) is 17.2. The summed E-state index contributed by atoms with van der Waals surface area (Å²) in [5, 5.41) is 4.49. The molecule has 5 rings (SSSR count). The number of piperidine rings is 1. The fourth-order valence-corrected chi connectivity index (χ4v) is 4.24. The van der Waals surface area contributed by atoms with Crippen LogP contribution in [0.1, 0.15) is 46.3 Å². The fourth-order valence-electron chi connectivity index (χ4n) is 4.24. The summed E-state index contributed by atoms with van der Waals surface area (Å²) in [5.41, 5.74) is 5.30. The molecule has 0 spiro atoms. The summed E-state index contributed by atoms with van der Waals surface area (Å²) in [4.78, 5) is 19.9. The molecular formula is C24H24N4O2. The highest BCUT2D eigenvalue weighted by molar-refractivity contribution is 5.95. The van der Waals surface area contributed by atoms with Gasteiger partial charge in [0.05, 0.1) is 29.1 Å². The maximum Gasteiger partial charge on any atom is 0.257 e. The number of oxazole rings is 1. The van der Waals surface area contributed by atoms with Gasteiger partial charge in [0.15, 0.2) is 11.5 Å². The summed E-state index contributed by atoms with van der Waals surface area (Å²) in [6, 6.07) is 15.9. The fraction of sp³-hybridized carbons (Fsp3) is 0.292. The normalized spacial score (nSPS) is 16.9. The number of para-hydroxylation sites is 2. The summed E-state index contributed by atoms with van der Waals surface area (Å²) in [6.45, 7) is 5.35. The molecule has 1 atom stereocenters. The van der Waals surface area contributed by atoms with Crippen molar-refractivity contribution in [2.75, 3.05) is 13.1 Å². The Balaban J connectivity index is 1.38. The average molecular weight is 400 g/mol. The summed E-state index contributed by atoms with van der Waals surface area (Å²) in [6.07, 6.45) is 3.58. The lowest BCUT2D eigenvalue weighted by Gasteiger charge is -2.31. The van der Waals surface area contributed by atoms with Crippen molar-refractivity contribution in [3.63, 3.8) is 0 Å². The van der Waals surface area contributed by atoms with Crippen LogP contribution in [-0.2, 0) is 0 Å². The molecule has 1 amide bonds. The van der Waals surface area contributed by atoms with Gasteiger partial charge in [-0.15, -0.1) is 0 Å². The van der Waals surface area contributed by atoms with Crippen LogP contribution in [0.3, 0.4) is 0 Å². The molecule has 30 heavy (non-hydrogen) atoms. The molecule has 1 aliphatic heterocycles. The molecule has 152 valence electrons. The molecule has 1 saturated heterocycles. The van der Waals surface area contributed by atoms with E-state index < -0.39 is 0 Å². The van der Waals surface area contributed by atoms with Crippen LogP contribution in [0.4, 0.5) is 0 Å². The van der Waals surface area contributed by atoms with Crippen molar-refractivity contribution in [2.45, 2.75) is 32.6 Å². The van der Waals surface area contributed by atoms with E-state index in [2.05, 4.69) is 16.1 Å². The second-order valence-corrected chi connectivity index (χ2v) is 8.00. The Hall–Kier alpha value is -3.41. The molecule has 0 bridgehead atoms. The number of hydrogen-bond donors (Lipinski definition) is 0. The lowest BCUT2D eigenvalue weighted by molar-refractivity contribution is 0.0698. The zero-order valence-electron chi connectivity index (χ0n) is 17.2. The molecule has 1 aliphatic rings. The minimum atomic E-state index is 0.0206. The van der Waals surface area contributed by atoms with E-state index in [1.165, 1.54) is 0 Å². The van der Waals surface area contributed by atoms with Gasteiger partial charge >= 0.3 is 0 Å². The highest BCUT2D eigenvalue weighted by Gasteiger charge is 2.30. The molecule has 0 radical (unpaired) electrons. The molecule has 0 aliphatic carbocycles. The number of amides is 1. The molecule has 6 heteroatoms. The van der Waals surface area contributed by atoms with Crippen molar-refractivity contribution in [1.29, 1.82) is 0 Å². The van der Waals surface area contributed by atoms with Crippen molar-refractivity contribution in [2.24, 2.45) is 0 Å². The highest BCUT2D eigenvalue weighted by Crippen LogP contribution is 2.30. The van der Waals surface area contributed by atoms with Crippen LogP contribution in [-0.4, -0.2) is 38.7 Å². The van der Waals surface area contributed by atoms with Crippen molar-refractivity contribution in [3.05, 3.63) is 77.4 Å². The van der Waals surface area contributed by atoms with Crippen LogP contribution in [0.2, 0.25) is 0 Å². The summed E-state index contributed by atoms with van der Waals surface area (Å²) < 4.78 is 7.81. The Kier molecular flexibility index (Phi) is 4.62. The maximum absolute atomic E-state index is 13.3. The lowest BCUT2D eigenvalue weighted by Crippen LogP contribution is -2.39. The molecule has 0 unspecified atom stereocenters. The van der Waals surface area contributed by atoms with Crippen LogP contribution >= 0.6 is 0 Å².